The summed E-state index contributed by atoms with van der Waals surface area (Å²) in [7, 11) is 3.21. The van der Waals surface area contributed by atoms with E-state index in [1.54, 1.807) is 27.9 Å². The van der Waals surface area contributed by atoms with E-state index in [1.165, 1.54) is 4.90 Å². The number of likely N-dealkylation sites (N-methyl/N-ethyl adjacent to an activating group) is 1. The molecule has 1 fully saturated rings. The van der Waals surface area contributed by atoms with Crippen molar-refractivity contribution in [3.8, 4) is 0 Å². The summed E-state index contributed by atoms with van der Waals surface area (Å²) >= 11 is 0. The first-order valence-electron chi connectivity index (χ1n) is 5.01. The van der Waals surface area contributed by atoms with Gasteiger partial charge in [-0.1, -0.05) is 6.58 Å². The quantitative estimate of drug-likeness (QED) is 0.653. The predicted molar refractivity (Wildman–Crippen MR) is 57.7 cm³/mol. The van der Waals surface area contributed by atoms with Gasteiger partial charge in [-0.2, -0.15) is 0 Å². The molecule has 0 saturated carbocycles. The van der Waals surface area contributed by atoms with E-state index >= 15 is 0 Å². The van der Waals surface area contributed by atoms with Crippen LogP contribution in [0.2, 0.25) is 0 Å². The van der Waals surface area contributed by atoms with Gasteiger partial charge in [0.25, 0.3) is 5.91 Å². The Balaban J connectivity index is 2.92. The molecule has 5 nitrogen and oxygen atoms in total. The molecule has 1 rings (SSSR count). The van der Waals surface area contributed by atoms with Gasteiger partial charge in [0.2, 0.25) is 0 Å². The molecule has 1 aliphatic rings. The highest BCUT2D eigenvalue weighted by Crippen LogP contribution is 2.29. The summed E-state index contributed by atoms with van der Waals surface area (Å²) in [4.78, 5) is 24.7. The van der Waals surface area contributed by atoms with Crippen molar-refractivity contribution in [2.75, 3.05) is 14.1 Å². The van der Waals surface area contributed by atoms with Crippen LogP contribution in [0.25, 0.3) is 0 Å². The largest absolute Gasteiger partial charge is 0.346 e. The number of rotatable bonds is 3. The van der Waals surface area contributed by atoms with E-state index in [-0.39, 0.29) is 11.7 Å². The second-order valence-corrected chi connectivity index (χ2v) is 4.32. The molecule has 90 valence electrons. The highest BCUT2D eigenvalue weighted by molar-refractivity contribution is 5.98. The first kappa shape index (κ1) is 12.9. The molecule has 1 heterocycles. The Morgan fingerprint density at radius 3 is 2.19 bits per heavy atom. The molecule has 1 saturated heterocycles. The number of hydrogen-bond acceptors (Lipinski definition) is 4. The Hall–Kier alpha value is -1.20. The van der Waals surface area contributed by atoms with Crippen LogP contribution in [0.4, 0.5) is 0 Å². The van der Waals surface area contributed by atoms with Crippen LogP contribution in [0.15, 0.2) is 12.7 Å². The van der Waals surface area contributed by atoms with Crippen LogP contribution in [-0.2, 0) is 19.1 Å². The van der Waals surface area contributed by atoms with E-state index in [0.717, 1.165) is 6.08 Å². The number of carbonyl (C=O) groups excluding carboxylic acids is 2. The maximum atomic E-state index is 11.8. The maximum Gasteiger partial charge on any atom is 0.254 e. The van der Waals surface area contributed by atoms with Gasteiger partial charge < -0.3 is 14.4 Å². The summed E-state index contributed by atoms with van der Waals surface area (Å²) in [5.41, 5.74) is 0. The van der Waals surface area contributed by atoms with Gasteiger partial charge in [0.15, 0.2) is 23.8 Å². The van der Waals surface area contributed by atoms with Crippen LogP contribution in [0.3, 0.4) is 0 Å². The molecule has 0 radical (unpaired) electrons. The van der Waals surface area contributed by atoms with Crippen molar-refractivity contribution in [1.29, 1.82) is 0 Å². The van der Waals surface area contributed by atoms with E-state index in [1.807, 2.05) is 0 Å². The normalized spacial score (nSPS) is 27.5. The van der Waals surface area contributed by atoms with Gasteiger partial charge in [-0.3, -0.25) is 9.59 Å². The SMILES string of the molecule is C=CC(=O)[C@@H]1OC(C)(C)O[C@H]1C(=O)N(C)C. The zero-order chi connectivity index (χ0) is 12.5. The average Bonchev–Trinajstić information content (AvgIpc) is 2.52. The predicted octanol–water partition coefficient (Wildman–Crippen LogP) is 0.350. The highest BCUT2D eigenvalue weighted by Gasteiger charge is 2.48. The van der Waals surface area contributed by atoms with Crippen LogP contribution >= 0.6 is 0 Å². The molecule has 0 spiro atoms. The molecule has 0 unspecified atom stereocenters. The first-order valence-corrected chi connectivity index (χ1v) is 5.01. The molecule has 16 heavy (non-hydrogen) atoms. The summed E-state index contributed by atoms with van der Waals surface area (Å²) in [6.07, 6.45) is -0.649. The van der Waals surface area contributed by atoms with E-state index in [9.17, 15) is 9.59 Å². The summed E-state index contributed by atoms with van der Waals surface area (Å²) in [6, 6.07) is 0. The smallest absolute Gasteiger partial charge is 0.254 e. The lowest BCUT2D eigenvalue weighted by atomic mass is 10.1. The Morgan fingerprint density at radius 2 is 1.75 bits per heavy atom. The molecule has 5 heteroatoms. The lowest BCUT2D eigenvalue weighted by Crippen LogP contribution is -2.42. The third-order valence-electron chi connectivity index (χ3n) is 2.26. The van der Waals surface area contributed by atoms with Crippen LogP contribution < -0.4 is 0 Å². The standard InChI is InChI=1S/C11H17NO4/c1-6-7(13)8-9(10(14)12(4)5)16-11(2,3)15-8/h6,8-9H,1H2,2-5H3/t8-,9+/m0/s1. The van der Waals surface area contributed by atoms with Gasteiger partial charge in [-0.25, -0.2) is 0 Å². The number of ether oxygens (including phenoxy) is 2. The molecular weight excluding hydrogens is 210 g/mol. The molecule has 0 aromatic carbocycles. The molecule has 0 N–H and O–H groups in total. The second-order valence-electron chi connectivity index (χ2n) is 4.32. The minimum absolute atomic E-state index is 0.286. The topological polar surface area (TPSA) is 55.8 Å². The third kappa shape index (κ3) is 2.48. The summed E-state index contributed by atoms with van der Waals surface area (Å²) in [5.74, 6) is -1.56. The fourth-order valence-electron chi connectivity index (χ4n) is 1.52. The third-order valence-corrected chi connectivity index (χ3v) is 2.26. The zero-order valence-electron chi connectivity index (χ0n) is 10.0. The van der Waals surface area contributed by atoms with Crippen LogP contribution in [0.5, 0.6) is 0 Å². The Morgan fingerprint density at radius 1 is 1.25 bits per heavy atom. The first-order chi connectivity index (χ1) is 7.28. The van der Waals surface area contributed by atoms with E-state index in [0.29, 0.717) is 0 Å². The van der Waals surface area contributed by atoms with Crippen molar-refractivity contribution in [2.45, 2.75) is 31.8 Å². The zero-order valence-corrected chi connectivity index (χ0v) is 10.0. The fourth-order valence-corrected chi connectivity index (χ4v) is 1.52. The van der Waals surface area contributed by atoms with Gasteiger partial charge in [-0.15, -0.1) is 0 Å². The lowest BCUT2D eigenvalue weighted by molar-refractivity contribution is -0.161. The molecule has 0 aliphatic carbocycles. The summed E-state index contributed by atoms with van der Waals surface area (Å²) < 4.78 is 10.8. The van der Waals surface area contributed by atoms with Crippen molar-refractivity contribution in [1.82, 2.24) is 4.90 Å². The number of carbonyl (C=O) groups is 2. The highest BCUT2D eigenvalue weighted by atomic mass is 16.8. The molecule has 1 aliphatic heterocycles. The second kappa shape index (κ2) is 4.35. The maximum absolute atomic E-state index is 11.8. The number of ketones is 1. The monoisotopic (exact) mass is 227 g/mol. The van der Waals surface area contributed by atoms with Gasteiger partial charge in [0.1, 0.15) is 0 Å². The average molecular weight is 227 g/mol. The van der Waals surface area contributed by atoms with Crippen molar-refractivity contribution in [3.05, 3.63) is 12.7 Å². The van der Waals surface area contributed by atoms with Crippen molar-refractivity contribution < 1.29 is 19.1 Å². The van der Waals surface area contributed by atoms with Crippen molar-refractivity contribution in [2.24, 2.45) is 0 Å². The molecule has 0 aromatic heterocycles. The summed E-state index contributed by atoms with van der Waals surface area (Å²) in [6.45, 7) is 6.71. The van der Waals surface area contributed by atoms with Gasteiger partial charge >= 0.3 is 0 Å². The van der Waals surface area contributed by atoms with E-state index in [2.05, 4.69) is 6.58 Å². The fraction of sp³-hybridized carbons (Fsp3) is 0.636. The van der Waals surface area contributed by atoms with Crippen molar-refractivity contribution >= 4 is 11.7 Å². The number of nitrogens with zero attached hydrogens (tertiary/aromatic N) is 1. The van der Waals surface area contributed by atoms with Gasteiger partial charge in [-0.05, 0) is 19.9 Å². The molecule has 2 atom stereocenters. The summed E-state index contributed by atoms with van der Waals surface area (Å²) in [5, 5.41) is 0. The minimum atomic E-state index is -0.931. The van der Waals surface area contributed by atoms with Gasteiger partial charge in [0.05, 0.1) is 0 Å². The minimum Gasteiger partial charge on any atom is -0.346 e. The number of amides is 1. The molecule has 0 bridgehead atoms. The van der Waals surface area contributed by atoms with Crippen LogP contribution in [0, 0.1) is 0 Å². The lowest BCUT2D eigenvalue weighted by Gasteiger charge is -2.19. The molecule has 0 aromatic rings. The van der Waals surface area contributed by atoms with Crippen LogP contribution in [0.1, 0.15) is 13.8 Å². The Kier molecular flexibility index (Phi) is 3.50. The van der Waals surface area contributed by atoms with Crippen molar-refractivity contribution in [3.63, 3.8) is 0 Å². The van der Waals surface area contributed by atoms with E-state index < -0.39 is 18.0 Å². The molecule has 1 amide bonds. The molecular formula is C11H17NO4. The van der Waals surface area contributed by atoms with Gasteiger partial charge in [0, 0.05) is 14.1 Å². The Labute approximate surface area is 95.0 Å². The van der Waals surface area contributed by atoms with Crippen LogP contribution in [-0.4, -0.2) is 48.7 Å². The number of hydrogen-bond donors (Lipinski definition) is 0. The Bertz CT molecular complexity index is 322. The van der Waals surface area contributed by atoms with E-state index in [4.69, 9.17) is 9.47 Å².